The van der Waals surface area contributed by atoms with Gasteiger partial charge in [0.25, 0.3) is 5.91 Å². The molecule has 0 radical (unpaired) electrons. The van der Waals surface area contributed by atoms with Gasteiger partial charge >= 0.3 is 0 Å². The van der Waals surface area contributed by atoms with E-state index in [0.717, 1.165) is 23.2 Å². The van der Waals surface area contributed by atoms with Crippen molar-refractivity contribution in [2.45, 2.75) is 25.8 Å². The highest BCUT2D eigenvalue weighted by Gasteiger charge is 2.17. The molecule has 0 aliphatic carbocycles. The van der Waals surface area contributed by atoms with E-state index >= 15 is 0 Å². The minimum atomic E-state index is -0.258. The zero-order chi connectivity index (χ0) is 15.5. The second kappa shape index (κ2) is 5.93. The summed E-state index contributed by atoms with van der Waals surface area (Å²) in [5, 5.41) is 5.75. The molecule has 2 amide bonds. The molecule has 0 bridgehead atoms. The van der Waals surface area contributed by atoms with Crippen LogP contribution in [-0.2, 0) is 11.2 Å². The molecule has 1 aromatic carbocycles. The molecular formula is C16H16N4O2. The van der Waals surface area contributed by atoms with Crippen molar-refractivity contribution in [1.82, 2.24) is 15.3 Å². The van der Waals surface area contributed by atoms with Gasteiger partial charge in [-0.1, -0.05) is 12.1 Å². The van der Waals surface area contributed by atoms with E-state index in [4.69, 9.17) is 0 Å². The Kier molecular flexibility index (Phi) is 3.82. The number of nitrogens with one attached hydrogen (secondary N) is 2. The number of hydrogen-bond donors (Lipinski definition) is 2. The summed E-state index contributed by atoms with van der Waals surface area (Å²) in [5.74, 6) is -0.212. The zero-order valence-corrected chi connectivity index (χ0v) is 12.2. The van der Waals surface area contributed by atoms with Crippen molar-refractivity contribution in [2.24, 2.45) is 0 Å². The number of carbonyl (C=O) groups excluding carboxylic acids is 2. The molecule has 6 nitrogen and oxygen atoms in total. The zero-order valence-electron chi connectivity index (χ0n) is 12.2. The van der Waals surface area contributed by atoms with Gasteiger partial charge in [-0.15, -0.1) is 0 Å². The van der Waals surface area contributed by atoms with Crippen molar-refractivity contribution >= 4 is 17.5 Å². The first-order valence-electron chi connectivity index (χ1n) is 7.13. The Bertz CT molecular complexity index is 715. The fourth-order valence-electron chi connectivity index (χ4n) is 2.44. The van der Waals surface area contributed by atoms with E-state index in [1.54, 1.807) is 0 Å². The third-order valence-electron chi connectivity index (χ3n) is 3.67. The fraction of sp³-hybridized carbons (Fsp3) is 0.250. The first kappa shape index (κ1) is 14.2. The molecule has 2 N–H and O–H groups in total. The average molecular weight is 296 g/mol. The number of nitrogens with zero attached hydrogens (tertiary/aromatic N) is 2. The third kappa shape index (κ3) is 2.95. The van der Waals surface area contributed by atoms with E-state index in [2.05, 4.69) is 20.6 Å². The quantitative estimate of drug-likeness (QED) is 0.905. The van der Waals surface area contributed by atoms with E-state index in [-0.39, 0.29) is 17.9 Å². The standard InChI is InChI=1S/C16H16N4O2/c1-10(19-16(22)14-9-17-6-7-18-14)11-2-4-13-12(8-11)3-5-15(21)20-13/h2,4,6-10H,3,5H2,1H3,(H,19,22)(H,20,21)/t10-/m0/s1. The topological polar surface area (TPSA) is 84.0 Å². The van der Waals surface area contributed by atoms with Crippen molar-refractivity contribution in [2.75, 3.05) is 5.32 Å². The molecule has 0 unspecified atom stereocenters. The van der Waals surface area contributed by atoms with Gasteiger partial charge in [-0.2, -0.15) is 0 Å². The molecule has 6 heteroatoms. The Balaban J connectivity index is 1.74. The van der Waals surface area contributed by atoms with Crippen LogP contribution in [0.5, 0.6) is 0 Å². The van der Waals surface area contributed by atoms with Crippen LogP contribution >= 0.6 is 0 Å². The molecular weight excluding hydrogens is 280 g/mol. The van der Waals surface area contributed by atoms with Crippen LogP contribution in [0.2, 0.25) is 0 Å². The maximum absolute atomic E-state index is 12.1. The maximum Gasteiger partial charge on any atom is 0.271 e. The van der Waals surface area contributed by atoms with Gasteiger partial charge in [0.15, 0.2) is 0 Å². The van der Waals surface area contributed by atoms with Crippen LogP contribution in [0.3, 0.4) is 0 Å². The Morgan fingerprint density at radius 2 is 2.18 bits per heavy atom. The van der Waals surface area contributed by atoms with E-state index < -0.39 is 0 Å². The molecule has 1 aromatic heterocycles. The smallest absolute Gasteiger partial charge is 0.271 e. The Hall–Kier alpha value is -2.76. The van der Waals surface area contributed by atoms with Crippen LogP contribution in [-0.4, -0.2) is 21.8 Å². The molecule has 0 fully saturated rings. The Morgan fingerprint density at radius 1 is 1.32 bits per heavy atom. The lowest BCUT2D eigenvalue weighted by Gasteiger charge is -2.20. The van der Waals surface area contributed by atoms with E-state index in [0.29, 0.717) is 12.1 Å². The van der Waals surface area contributed by atoms with Gasteiger partial charge in [-0.3, -0.25) is 14.6 Å². The van der Waals surface area contributed by atoms with Gasteiger partial charge in [0.2, 0.25) is 5.91 Å². The van der Waals surface area contributed by atoms with Crippen LogP contribution < -0.4 is 10.6 Å². The molecule has 2 heterocycles. The lowest BCUT2D eigenvalue weighted by atomic mass is 9.98. The lowest BCUT2D eigenvalue weighted by molar-refractivity contribution is -0.116. The number of amides is 2. The fourth-order valence-corrected chi connectivity index (χ4v) is 2.44. The van der Waals surface area contributed by atoms with Gasteiger partial charge in [0, 0.05) is 24.5 Å². The van der Waals surface area contributed by atoms with Gasteiger partial charge in [0.05, 0.1) is 12.2 Å². The third-order valence-corrected chi connectivity index (χ3v) is 3.67. The van der Waals surface area contributed by atoms with Crippen LogP contribution in [0, 0.1) is 0 Å². The first-order valence-corrected chi connectivity index (χ1v) is 7.13. The van der Waals surface area contributed by atoms with Crippen molar-refractivity contribution < 1.29 is 9.59 Å². The number of hydrogen-bond acceptors (Lipinski definition) is 4. The molecule has 0 saturated carbocycles. The van der Waals surface area contributed by atoms with Crippen molar-refractivity contribution in [1.29, 1.82) is 0 Å². The second-order valence-electron chi connectivity index (χ2n) is 5.25. The molecule has 0 spiro atoms. The minimum absolute atomic E-state index is 0.0456. The van der Waals surface area contributed by atoms with Gasteiger partial charge in [-0.25, -0.2) is 4.98 Å². The normalized spacial score (nSPS) is 14.7. The van der Waals surface area contributed by atoms with Crippen molar-refractivity contribution in [3.8, 4) is 0 Å². The van der Waals surface area contributed by atoms with Crippen molar-refractivity contribution in [3.05, 3.63) is 53.6 Å². The number of aromatic nitrogens is 2. The SMILES string of the molecule is C[C@H](NC(=O)c1cnccn1)c1ccc2c(c1)CCC(=O)N2. The predicted octanol–water partition coefficient (Wildman–Crippen LogP) is 1.85. The monoisotopic (exact) mass is 296 g/mol. The average Bonchev–Trinajstić information content (AvgIpc) is 2.55. The molecule has 3 rings (SSSR count). The summed E-state index contributed by atoms with van der Waals surface area (Å²) in [6, 6.07) is 5.66. The molecule has 0 saturated heterocycles. The van der Waals surface area contributed by atoms with Gasteiger partial charge < -0.3 is 10.6 Å². The largest absolute Gasteiger partial charge is 0.344 e. The number of carbonyl (C=O) groups is 2. The number of fused-ring (bicyclic) bond motifs is 1. The van der Waals surface area contributed by atoms with Gasteiger partial charge in [0.1, 0.15) is 5.69 Å². The number of aryl methyl sites for hydroxylation is 1. The first-order chi connectivity index (χ1) is 10.6. The summed E-state index contributed by atoms with van der Waals surface area (Å²) in [7, 11) is 0. The Morgan fingerprint density at radius 3 is 2.95 bits per heavy atom. The predicted molar refractivity (Wildman–Crippen MR) is 81.3 cm³/mol. The summed E-state index contributed by atoms with van der Waals surface area (Å²) in [4.78, 5) is 31.3. The summed E-state index contributed by atoms with van der Waals surface area (Å²) >= 11 is 0. The lowest BCUT2D eigenvalue weighted by Crippen LogP contribution is -2.28. The second-order valence-corrected chi connectivity index (χ2v) is 5.25. The van der Waals surface area contributed by atoms with Gasteiger partial charge in [-0.05, 0) is 30.5 Å². The van der Waals surface area contributed by atoms with E-state index in [1.807, 2.05) is 25.1 Å². The van der Waals surface area contributed by atoms with Crippen LogP contribution in [0.25, 0.3) is 0 Å². The molecule has 22 heavy (non-hydrogen) atoms. The Labute approximate surface area is 128 Å². The minimum Gasteiger partial charge on any atom is -0.344 e. The number of benzene rings is 1. The molecule has 1 aliphatic rings. The maximum atomic E-state index is 12.1. The van der Waals surface area contributed by atoms with E-state index in [1.165, 1.54) is 18.6 Å². The van der Waals surface area contributed by atoms with E-state index in [9.17, 15) is 9.59 Å². The summed E-state index contributed by atoms with van der Waals surface area (Å²) in [6.45, 7) is 1.91. The van der Waals surface area contributed by atoms with Crippen LogP contribution in [0.15, 0.2) is 36.8 Å². The van der Waals surface area contributed by atoms with Crippen LogP contribution in [0.1, 0.15) is 41.0 Å². The summed E-state index contributed by atoms with van der Waals surface area (Å²) in [6.07, 6.45) is 5.67. The van der Waals surface area contributed by atoms with Crippen LogP contribution in [0.4, 0.5) is 5.69 Å². The highest BCUT2D eigenvalue weighted by atomic mass is 16.2. The summed E-state index contributed by atoms with van der Waals surface area (Å²) in [5.41, 5.74) is 3.23. The number of anilines is 1. The molecule has 1 aliphatic heterocycles. The molecule has 112 valence electrons. The highest BCUT2D eigenvalue weighted by Crippen LogP contribution is 2.26. The number of rotatable bonds is 3. The molecule has 2 aromatic rings. The molecule has 1 atom stereocenters. The van der Waals surface area contributed by atoms with Crippen molar-refractivity contribution in [3.63, 3.8) is 0 Å². The highest BCUT2D eigenvalue weighted by molar-refractivity contribution is 5.94. The summed E-state index contributed by atoms with van der Waals surface area (Å²) < 4.78 is 0.